The second kappa shape index (κ2) is 6.72. The van der Waals surface area contributed by atoms with E-state index in [0.29, 0.717) is 5.78 Å². The molecule has 0 amide bonds. The van der Waals surface area contributed by atoms with Gasteiger partial charge < -0.3 is 0 Å². The van der Waals surface area contributed by atoms with Crippen molar-refractivity contribution in [3.63, 3.8) is 0 Å². The summed E-state index contributed by atoms with van der Waals surface area (Å²) in [7, 11) is 1.78. The molecule has 0 aliphatic heterocycles. The Labute approximate surface area is 129 Å². The molecule has 1 unspecified atom stereocenters. The molecule has 0 spiro atoms. The summed E-state index contributed by atoms with van der Waals surface area (Å²) in [6, 6.07) is 0. The highest BCUT2D eigenvalue weighted by molar-refractivity contribution is 8.00. The zero-order chi connectivity index (χ0) is 14.7. The number of hydrogen-bond donors (Lipinski definition) is 0. The van der Waals surface area contributed by atoms with Crippen molar-refractivity contribution >= 4 is 34.6 Å². The van der Waals surface area contributed by atoms with Crippen LogP contribution in [-0.4, -0.2) is 24.8 Å². The first-order valence-electron chi connectivity index (χ1n) is 7.01. The molecule has 4 heteroatoms. The molecule has 1 aliphatic carbocycles. The van der Waals surface area contributed by atoms with E-state index in [1.54, 1.807) is 36.2 Å². The van der Waals surface area contributed by atoms with Gasteiger partial charge in [-0.3, -0.25) is 9.79 Å². The van der Waals surface area contributed by atoms with E-state index < -0.39 is 0 Å². The average molecular weight is 307 g/mol. The molecule has 2 nitrogen and oxygen atoms in total. The quantitative estimate of drug-likeness (QED) is 0.587. The predicted molar refractivity (Wildman–Crippen MR) is 89.8 cm³/mol. The SMILES string of the molecule is C=CC(=NC)c1sc(SC)c2c1CCC(CCC)C2=O. The lowest BCUT2D eigenvalue weighted by atomic mass is 9.81. The zero-order valence-corrected chi connectivity index (χ0v) is 14.0. The van der Waals surface area contributed by atoms with E-state index in [0.717, 1.165) is 46.0 Å². The summed E-state index contributed by atoms with van der Waals surface area (Å²) in [6.07, 6.45) is 7.89. The first-order valence-corrected chi connectivity index (χ1v) is 9.05. The number of Topliss-reactive ketones (excluding diaryl/α,β-unsaturated/α-hetero) is 1. The maximum absolute atomic E-state index is 12.7. The van der Waals surface area contributed by atoms with Crippen molar-refractivity contribution < 1.29 is 4.79 Å². The molecule has 1 aromatic rings. The highest BCUT2D eigenvalue weighted by atomic mass is 32.2. The van der Waals surface area contributed by atoms with Gasteiger partial charge in [-0.1, -0.05) is 19.9 Å². The van der Waals surface area contributed by atoms with Crippen molar-refractivity contribution in [2.24, 2.45) is 10.9 Å². The number of fused-ring (bicyclic) bond motifs is 1. The number of thioether (sulfide) groups is 1. The number of rotatable bonds is 5. The van der Waals surface area contributed by atoms with Crippen LogP contribution in [0.3, 0.4) is 0 Å². The zero-order valence-electron chi connectivity index (χ0n) is 12.4. The molecule has 1 atom stereocenters. The summed E-state index contributed by atoms with van der Waals surface area (Å²) < 4.78 is 1.14. The van der Waals surface area contributed by atoms with Gasteiger partial charge in [-0.05, 0) is 37.2 Å². The molecule has 1 heterocycles. The largest absolute Gasteiger partial charge is 0.294 e. The van der Waals surface area contributed by atoms with Gasteiger partial charge in [-0.2, -0.15) is 0 Å². The minimum absolute atomic E-state index is 0.214. The molecular formula is C16H21NOS2. The van der Waals surface area contributed by atoms with Gasteiger partial charge in [0.15, 0.2) is 5.78 Å². The topological polar surface area (TPSA) is 29.4 Å². The van der Waals surface area contributed by atoms with Crippen LogP contribution >= 0.6 is 23.1 Å². The Morgan fingerprint density at radius 1 is 1.60 bits per heavy atom. The number of carbonyl (C=O) groups excluding carboxylic acids is 1. The first-order chi connectivity index (χ1) is 9.67. The van der Waals surface area contributed by atoms with Gasteiger partial charge in [0.05, 0.1) is 14.8 Å². The van der Waals surface area contributed by atoms with Gasteiger partial charge in [0.25, 0.3) is 0 Å². The summed E-state index contributed by atoms with van der Waals surface area (Å²) in [5, 5.41) is 0. The van der Waals surface area contributed by atoms with Crippen LogP contribution in [-0.2, 0) is 6.42 Å². The smallest absolute Gasteiger partial charge is 0.168 e. The van der Waals surface area contributed by atoms with Gasteiger partial charge >= 0.3 is 0 Å². The van der Waals surface area contributed by atoms with Crippen molar-refractivity contribution in [2.75, 3.05) is 13.3 Å². The van der Waals surface area contributed by atoms with Crippen LogP contribution in [0.5, 0.6) is 0 Å². The van der Waals surface area contributed by atoms with Crippen LogP contribution in [0, 0.1) is 5.92 Å². The number of nitrogens with zero attached hydrogens (tertiary/aromatic N) is 1. The van der Waals surface area contributed by atoms with Crippen LogP contribution in [0.15, 0.2) is 21.9 Å². The monoisotopic (exact) mass is 307 g/mol. The Bertz CT molecular complexity index is 557. The van der Waals surface area contributed by atoms with E-state index in [1.807, 2.05) is 6.26 Å². The number of ketones is 1. The highest BCUT2D eigenvalue weighted by Gasteiger charge is 2.33. The van der Waals surface area contributed by atoms with E-state index in [9.17, 15) is 4.79 Å². The van der Waals surface area contributed by atoms with Crippen molar-refractivity contribution in [1.82, 2.24) is 0 Å². The molecule has 1 aliphatic rings. The fourth-order valence-corrected chi connectivity index (χ4v) is 4.97. The van der Waals surface area contributed by atoms with Crippen molar-refractivity contribution in [2.45, 2.75) is 36.8 Å². The van der Waals surface area contributed by atoms with Crippen LogP contribution < -0.4 is 0 Å². The Morgan fingerprint density at radius 3 is 2.90 bits per heavy atom. The minimum Gasteiger partial charge on any atom is -0.294 e. The minimum atomic E-state index is 0.214. The van der Waals surface area contributed by atoms with Crippen LogP contribution in [0.1, 0.15) is 47.0 Å². The predicted octanol–water partition coefficient (Wildman–Crippen LogP) is 4.62. The number of thiophene rings is 1. The number of hydrogen-bond acceptors (Lipinski definition) is 4. The summed E-state index contributed by atoms with van der Waals surface area (Å²) in [5.41, 5.74) is 3.09. The molecule has 0 saturated heterocycles. The number of allylic oxidation sites excluding steroid dienone is 1. The van der Waals surface area contributed by atoms with E-state index in [1.165, 1.54) is 5.56 Å². The Balaban J connectivity index is 2.51. The van der Waals surface area contributed by atoms with Gasteiger partial charge in [-0.15, -0.1) is 23.1 Å². The second-order valence-electron chi connectivity index (χ2n) is 4.98. The molecule has 2 rings (SSSR count). The molecule has 0 aromatic carbocycles. The lowest BCUT2D eigenvalue weighted by molar-refractivity contribution is 0.0892. The van der Waals surface area contributed by atoms with Gasteiger partial charge in [0.1, 0.15) is 0 Å². The summed E-state index contributed by atoms with van der Waals surface area (Å²) in [5.74, 6) is 0.561. The Hall–Kier alpha value is -0.870. The maximum Gasteiger partial charge on any atom is 0.168 e. The highest BCUT2D eigenvalue weighted by Crippen LogP contribution is 2.42. The molecule has 0 bridgehead atoms. The van der Waals surface area contributed by atoms with Crippen molar-refractivity contribution in [1.29, 1.82) is 0 Å². The summed E-state index contributed by atoms with van der Waals surface area (Å²) in [4.78, 5) is 18.2. The lowest BCUT2D eigenvalue weighted by Gasteiger charge is -2.22. The summed E-state index contributed by atoms with van der Waals surface area (Å²) >= 11 is 3.37. The molecule has 0 radical (unpaired) electrons. The fraction of sp³-hybridized carbons (Fsp3) is 0.500. The molecule has 1 aromatic heterocycles. The maximum atomic E-state index is 12.7. The van der Waals surface area contributed by atoms with Crippen LogP contribution in [0.2, 0.25) is 0 Å². The lowest BCUT2D eigenvalue weighted by Crippen LogP contribution is -2.22. The number of carbonyl (C=O) groups is 1. The molecule has 0 fully saturated rings. The Morgan fingerprint density at radius 2 is 2.35 bits per heavy atom. The normalized spacial score (nSPS) is 19.1. The number of aliphatic imine (C=N–C) groups is 1. The average Bonchev–Trinajstić information content (AvgIpc) is 2.83. The molecule has 20 heavy (non-hydrogen) atoms. The second-order valence-corrected chi connectivity index (χ2v) is 7.07. The van der Waals surface area contributed by atoms with E-state index in [4.69, 9.17) is 0 Å². The van der Waals surface area contributed by atoms with E-state index in [-0.39, 0.29) is 5.92 Å². The molecular weight excluding hydrogens is 286 g/mol. The van der Waals surface area contributed by atoms with Gasteiger partial charge in [0, 0.05) is 18.5 Å². The van der Waals surface area contributed by atoms with Crippen LogP contribution in [0.4, 0.5) is 0 Å². The standard InChI is InChI=1S/C16H21NOS2/c1-5-7-10-8-9-11-13(14(10)18)16(19-4)20-15(11)12(6-2)17-3/h6,10H,2,5,7-9H2,1,3-4H3. The molecule has 0 N–H and O–H groups in total. The third-order valence-electron chi connectivity index (χ3n) is 3.82. The van der Waals surface area contributed by atoms with Crippen LogP contribution in [0.25, 0.3) is 0 Å². The van der Waals surface area contributed by atoms with E-state index in [2.05, 4.69) is 18.5 Å². The van der Waals surface area contributed by atoms with Gasteiger partial charge in [-0.25, -0.2) is 0 Å². The third kappa shape index (κ3) is 2.63. The van der Waals surface area contributed by atoms with Gasteiger partial charge in [0.2, 0.25) is 0 Å². The third-order valence-corrected chi connectivity index (χ3v) is 6.20. The van der Waals surface area contributed by atoms with Crippen molar-refractivity contribution in [3.05, 3.63) is 28.7 Å². The van der Waals surface area contributed by atoms with Crippen molar-refractivity contribution in [3.8, 4) is 0 Å². The molecule has 108 valence electrons. The Kier molecular flexibility index (Phi) is 5.22. The fourth-order valence-electron chi connectivity index (χ4n) is 2.84. The molecule has 0 saturated carbocycles. The first kappa shape index (κ1) is 15.5. The van der Waals surface area contributed by atoms with E-state index >= 15 is 0 Å². The summed E-state index contributed by atoms with van der Waals surface area (Å²) in [6.45, 7) is 5.99.